The summed E-state index contributed by atoms with van der Waals surface area (Å²) in [7, 11) is 3.09. The van der Waals surface area contributed by atoms with Crippen molar-refractivity contribution >= 4 is 17.7 Å². The molecule has 0 atom stereocenters. The van der Waals surface area contributed by atoms with Gasteiger partial charge in [-0.1, -0.05) is 11.8 Å². The molecule has 1 aromatic rings. The highest BCUT2D eigenvalue weighted by Gasteiger charge is 2.15. The van der Waals surface area contributed by atoms with Crippen molar-refractivity contribution in [1.82, 2.24) is 5.32 Å². The average Bonchev–Trinajstić information content (AvgIpc) is 2.48. The van der Waals surface area contributed by atoms with Gasteiger partial charge < -0.3 is 20.1 Å². The third kappa shape index (κ3) is 6.30. The van der Waals surface area contributed by atoms with Gasteiger partial charge in [0.05, 0.1) is 19.2 Å². The number of methoxy groups -OCH3 is 1. The van der Waals surface area contributed by atoms with Gasteiger partial charge >= 0.3 is 12.1 Å². The smallest absolute Gasteiger partial charge is 0.408 e. The number of nitrogens with one attached hydrogen (secondary N) is 2. The van der Waals surface area contributed by atoms with E-state index in [-0.39, 0.29) is 6.54 Å². The molecule has 0 aromatic heterocycles. The van der Waals surface area contributed by atoms with Gasteiger partial charge in [0.1, 0.15) is 5.60 Å². The second kappa shape index (κ2) is 8.08. The number of rotatable bonds is 3. The fourth-order valence-corrected chi connectivity index (χ4v) is 1.66. The van der Waals surface area contributed by atoms with Crippen LogP contribution in [-0.2, 0) is 9.47 Å². The van der Waals surface area contributed by atoms with E-state index in [9.17, 15) is 9.59 Å². The maximum absolute atomic E-state index is 11.7. The summed E-state index contributed by atoms with van der Waals surface area (Å²) in [6.45, 7) is 5.46. The summed E-state index contributed by atoms with van der Waals surface area (Å²) in [4.78, 5) is 23.2. The Kier molecular flexibility index (Phi) is 6.46. The van der Waals surface area contributed by atoms with Crippen LogP contribution in [0, 0.1) is 11.8 Å². The van der Waals surface area contributed by atoms with Gasteiger partial charge in [-0.3, -0.25) is 0 Å². The van der Waals surface area contributed by atoms with Crippen LogP contribution >= 0.6 is 0 Å². The zero-order chi connectivity index (χ0) is 17.5. The maximum atomic E-state index is 11.7. The van der Waals surface area contributed by atoms with Crippen molar-refractivity contribution in [1.29, 1.82) is 0 Å². The van der Waals surface area contributed by atoms with E-state index < -0.39 is 17.7 Å². The quantitative estimate of drug-likeness (QED) is 0.661. The molecule has 1 aromatic carbocycles. The molecule has 0 aliphatic heterocycles. The van der Waals surface area contributed by atoms with Crippen LogP contribution in [0.25, 0.3) is 0 Å². The Morgan fingerprint density at radius 3 is 2.52 bits per heavy atom. The number of ether oxygens (including phenoxy) is 2. The summed E-state index contributed by atoms with van der Waals surface area (Å²) < 4.78 is 9.84. The van der Waals surface area contributed by atoms with Crippen molar-refractivity contribution in [2.45, 2.75) is 26.4 Å². The Hall–Kier alpha value is -2.68. The summed E-state index contributed by atoms with van der Waals surface area (Å²) in [5, 5.41) is 5.51. The fraction of sp³-hybridized carbons (Fsp3) is 0.412. The van der Waals surface area contributed by atoms with Crippen LogP contribution < -0.4 is 10.6 Å². The number of hydrogen-bond acceptors (Lipinski definition) is 5. The first kappa shape index (κ1) is 18.4. The number of carbonyl (C=O) groups excluding carboxylic acids is 2. The third-order valence-corrected chi connectivity index (χ3v) is 2.66. The Bertz CT molecular complexity index is 636. The van der Waals surface area contributed by atoms with Crippen LogP contribution in [0.15, 0.2) is 18.2 Å². The van der Waals surface area contributed by atoms with E-state index >= 15 is 0 Å². The molecular formula is C17H22N2O4. The molecule has 0 saturated carbocycles. The molecule has 124 valence electrons. The van der Waals surface area contributed by atoms with Crippen molar-refractivity contribution < 1.29 is 19.1 Å². The number of carbonyl (C=O) groups is 2. The number of benzene rings is 1. The van der Waals surface area contributed by atoms with Crippen LogP contribution in [0.2, 0.25) is 0 Å². The van der Waals surface area contributed by atoms with Crippen LogP contribution in [0.4, 0.5) is 10.5 Å². The molecule has 6 nitrogen and oxygen atoms in total. The van der Waals surface area contributed by atoms with Gasteiger partial charge in [-0.15, -0.1) is 0 Å². The summed E-state index contributed by atoms with van der Waals surface area (Å²) in [5.74, 6) is 5.19. The van der Waals surface area contributed by atoms with Crippen molar-refractivity contribution in [3.63, 3.8) is 0 Å². The van der Waals surface area contributed by atoms with Gasteiger partial charge in [0, 0.05) is 18.3 Å². The van der Waals surface area contributed by atoms with Gasteiger partial charge in [0.15, 0.2) is 0 Å². The molecule has 0 saturated heterocycles. The van der Waals surface area contributed by atoms with Crippen LogP contribution in [0.3, 0.4) is 0 Å². The lowest BCUT2D eigenvalue weighted by Crippen LogP contribution is -2.32. The highest BCUT2D eigenvalue weighted by molar-refractivity contribution is 5.93. The average molecular weight is 318 g/mol. The monoisotopic (exact) mass is 318 g/mol. The number of esters is 1. The normalized spacial score (nSPS) is 10.1. The van der Waals surface area contributed by atoms with Crippen LogP contribution in [-0.4, -0.2) is 38.4 Å². The van der Waals surface area contributed by atoms with Crippen LogP contribution in [0.1, 0.15) is 36.7 Å². The molecular weight excluding hydrogens is 296 g/mol. The number of alkyl carbamates (subject to hydrolysis) is 1. The molecule has 0 unspecified atom stereocenters. The summed E-state index contributed by atoms with van der Waals surface area (Å²) in [5.41, 5.74) is 1.16. The predicted molar refractivity (Wildman–Crippen MR) is 88.4 cm³/mol. The Morgan fingerprint density at radius 1 is 1.26 bits per heavy atom. The summed E-state index contributed by atoms with van der Waals surface area (Å²) in [6.07, 6.45) is -0.538. The lowest BCUT2D eigenvalue weighted by atomic mass is 10.1. The zero-order valence-corrected chi connectivity index (χ0v) is 14.1. The number of anilines is 1. The minimum atomic E-state index is -0.559. The van der Waals surface area contributed by atoms with E-state index in [1.165, 1.54) is 7.11 Å². The predicted octanol–water partition coefficient (Wildman–Crippen LogP) is 2.39. The lowest BCUT2D eigenvalue weighted by molar-refractivity contribution is 0.0533. The second-order valence-electron chi connectivity index (χ2n) is 5.66. The Morgan fingerprint density at radius 2 is 1.96 bits per heavy atom. The molecule has 0 radical (unpaired) electrons. The van der Waals surface area contributed by atoms with Crippen molar-refractivity contribution in [2.24, 2.45) is 0 Å². The highest BCUT2D eigenvalue weighted by atomic mass is 16.6. The summed E-state index contributed by atoms with van der Waals surface area (Å²) >= 11 is 0. The molecule has 0 aliphatic rings. The lowest BCUT2D eigenvalue weighted by Gasteiger charge is -2.19. The topological polar surface area (TPSA) is 76.7 Å². The van der Waals surface area contributed by atoms with Crippen molar-refractivity contribution in [3.05, 3.63) is 29.3 Å². The first-order chi connectivity index (χ1) is 10.8. The van der Waals surface area contributed by atoms with Gasteiger partial charge in [0.2, 0.25) is 0 Å². The molecule has 6 heteroatoms. The number of hydrogen-bond donors (Lipinski definition) is 2. The van der Waals surface area contributed by atoms with Gasteiger partial charge in [-0.25, -0.2) is 9.59 Å². The standard InChI is InChI=1S/C17H22N2O4/c1-17(2,3)23-16(21)19-10-6-7-12-11-13(18-4)8-9-14(12)15(20)22-5/h8-9,11,18H,10H2,1-5H3,(H,19,21). The maximum Gasteiger partial charge on any atom is 0.408 e. The molecule has 23 heavy (non-hydrogen) atoms. The van der Waals surface area contributed by atoms with E-state index in [0.717, 1.165) is 5.69 Å². The second-order valence-corrected chi connectivity index (χ2v) is 5.66. The highest BCUT2D eigenvalue weighted by Crippen LogP contribution is 2.15. The Labute approximate surface area is 136 Å². The van der Waals surface area contributed by atoms with Gasteiger partial charge in [-0.2, -0.15) is 0 Å². The van der Waals surface area contributed by atoms with E-state index in [2.05, 4.69) is 22.5 Å². The molecule has 0 spiro atoms. The fourth-order valence-electron chi connectivity index (χ4n) is 1.66. The first-order valence-electron chi connectivity index (χ1n) is 7.12. The SMILES string of the molecule is CNc1ccc(C(=O)OC)c(C#CCNC(=O)OC(C)(C)C)c1. The van der Waals surface area contributed by atoms with Gasteiger partial charge in [-0.05, 0) is 39.0 Å². The third-order valence-electron chi connectivity index (χ3n) is 2.66. The van der Waals surface area contributed by atoms with Crippen molar-refractivity contribution in [3.8, 4) is 11.8 Å². The minimum Gasteiger partial charge on any atom is -0.465 e. The van der Waals surface area contributed by atoms with E-state index in [4.69, 9.17) is 9.47 Å². The molecule has 0 aliphatic carbocycles. The molecule has 0 bridgehead atoms. The molecule has 2 N–H and O–H groups in total. The van der Waals surface area contributed by atoms with Crippen LogP contribution in [0.5, 0.6) is 0 Å². The number of amides is 1. The van der Waals surface area contributed by atoms with E-state index in [1.807, 2.05) is 0 Å². The molecule has 0 heterocycles. The molecule has 1 rings (SSSR count). The van der Waals surface area contributed by atoms with Gasteiger partial charge in [0.25, 0.3) is 0 Å². The van der Waals surface area contributed by atoms with Crippen molar-refractivity contribution in [2.75, 3.05) is 26.0 Å². The Balaban J connectivity index is 2.80. The summed E-state index contributed by atoms with van der Waals surface area (Å²) in [6, 6.07) is 5.14. The first-order valence-corrected chi connectivity index (χ1v) is 7.12. The molecule has 0 fully saturated rings. The largest absolute Gasteiger partial charge is 0.465 e. The zero-order valence-electron chi connectivity index (χ0n) is 14.1. The van der Waals surface area contributed by atoms with E-state index in [0.29, 0.717) is 11.1 Å². The van der Waals surface area contributed by atoms with E-state index in [1.54, 1.807) is 46.0 Å². The minimum absolute atomic E-state index is 0.110. The molecule has 1 amide bonds.